The Kier molecular flexibility index (Phi) is 4.58. The molecule has 16 heavy (non-hydrogen) atoms. The number of para-hydroxylation sites is 1. The van der Waals surface area contributed by atoms with Crippen LogP contribution in [-0.4, -0.2) is 31.4 Å². The van der Waals surface area contributed by atoms with Gasteiger partial charge in [0.25, 0.3) is 0 Å². The number of rotatable bonds is 4. The largest absolute Gasteiger partial charge is 0.495 e. The lowest BCUT2D eigenvalue weighted by atomic mass is 10.1. The van der Waals surface area contributed by atoms with Crippen molar-refractivity contribution >= 4 is 17.6 Å². The highest BCUT2D eigenvalue weighted by Crippen LogP contribution is 2.29. The molecule has 0 radical (unpaired) electrons. The normalized spacial score (nSPS) is 12.0. The molecule has 1 rings (SSSR count). The molecule has 0 amide bonds. The van der Waals surface area contributed by atoms with Gasteiger partial charge in [-0.05, 0) is 11.6 Å². The highest BCUT2D eigenvalue weighted by atomic mass is 35.5. The van der Waals surface area contributed by atoms with Crippen LogP contribution in [0.3, 0.4) is 0 Å². The van der Waals surface area contributed by atoms with Crippen molar-refractivity contribution in [1.82, 2.24) is 0 Å². The maximum Gasteiger partial charge on any atom is 0.335 e. The summed E-state index contributed by atoms with van der Waals surface area (Å²) in [5.74, 6) is -0.214. The molecule has 1 aromatic rings. The molecule has 0 saturated carbocycles. The number of carbonyl (C=O) groups excluding carboxylic acids is 1. The minimum Gasteiger partial charge on any atom is -0.495 e. The topological polar surface area (TPSA) is 55.8 Å². The van der Waals surface area contributed by atoms with E-state index in [0.29, 0.717) is 16.3 Å². The van der Waals surface area contributed by atoms with Gasteiger partial charge in [-0.2, -0.15) is 0 Å². The van der Waals surface area contributed by atoms with Crippen molar-refractivity contribution in [1.29, 1.82) is 0 Å². The average molecular weight is 245 g/mol. The first-order chi connectivity index (χ1) is 7.60. The fourth-order valence-corrected chi connectivity index (χ4v) is 1.64. The fourth-order valence-electron chi connectivity index (χ4n) is 1.37. The van der Waals surface area contributed by atoms with E-state index in [9.17, 15) is 9.90 Å². The molecule has 0 aliphatic carbocycles. The predicted octanol–water partition coefficient (Wildman–Crippen LogP) is 1.43. The zero-order valence-electron chi connectivity index (χ0n) is 9.07. The first-order valence-corrected chi connectivity index (χ1v) is 5.05. The standard InChI is InChI=1S/C11H13ClO4/c1-15-10-7(4-3-5-8(10)12)6-9(13)11(14)16-2/h3-5,9,13H,6H2,1-2H3. The number of aliphatic hydroxyl groups excluding tert-OH is 1. The maximum atomic E-state index is 11.1. The van der Waals surface area contributed by atoms with Crippen LogP contribution >= 0.6 is 11.6 Å². The molecule has 1 aromatic carbocycles. The summed E-state index contributed by atoms with van der Waals surface area (Å²) in [5.41, 5.74) is 0.660. The Balaban J connectivity index is 2.88. The second kappa shape index (κ2) is 5.72. The molecule has 0 saturated heterocycles. The minimum atomic E-state index is -1.21. The van der Waals surface area contributed by atoms with Crippen LogP contribution in [0.15, 0.2) is 18.2 Å². The Morgan fingerprint density at radius 2 is 2.19 bits per heavy atom. The molecule has 0 aliphatic heterocycles. The summed E-state index contributed by atoms with van der Waals surface area (Å²) >= 11 is 5.90. The van der Waals surface area contributed by atoms with Gasteiger partial charge in [-0.1, -0.05) is 23.7 Å². The van der Waals surface area contributed by atoms with E-state index < -0.39 is 12.1 Å². The SMILES string of the molecule is COC(=O)C(O)Cc1cccc(Cl)c1OC. The summed E-state index contributed by atoms with van der Waals surface area (Å²) in [6.45, 7) is 0. The van der Waals surface area contributed by atoms with Gasteiger partial charge in [0.05, 0.1) is 19.2 Å². The minimum absolute atomic E-state index is 0.108. The molecule has 0 aromatic heterocycles. The summed E-state index contributed by atoms with van der Waals surface area (Å²) < 4.78 is 9.52. The van der Waals surface area contributed by atoms with E-state index >= 15 is 0 Å². The van der Waals surface area contributed by atoms with Gasteiger partial charge in [0.15, 0.2) is 6.10 Å². The van der Waals surface area contributed by atoms with Gasteiger partial charge in [-0.25, -0.2) is 4.79 Å². The molecule has 0 bridgehead atoms. The second-order valence-electron chi connectivity index (χ2n) is 3.18. The third kappa shape index (κ3) is 2.87. The number of hydrogen-bond donors (Lipinski definition) is 1. The Hall–Kier alpha value is -1.26. The van der Waals surface area contributed by atoms with Crippen LogP contribution in [0.5, 0.6) is 5.75 Å². The lowest BCUT2D eigenvalue weighted by Crippen LogP contribution is -2.24. The third-order valence-corrected chi connectivity index (χ3v) is 2.44. The van der Waals surface area contributed by atoms with E-state index in [1.807, 2.05) is 0 Å². The lowest BCUT2D eigenvalue weighted by Gasteiger charge is -2.12. The molecule has 0 spiro atoms. The number of hydrogen-bond acceptors (Lipinski definition) is 4. The van der Waals surface area contributed by atoms with E-state index in [1.165, 1.54) is 14.2 Å². The molecular formula is C11H13ClO4. The molecular weight excluding hydrogens is 232 g/mol. The quantitative estimate of drug-likeness (QED) is 0.814. The summed E-state index contributed by atoms with van der Waals surface area (Å²) in [4.78, 5) is 11.1. The van der Waals surface area contributed by atoms with Gasteiger partial charge < -0.3 is 14.6 Å². The summed E-state index contributed by atoms with van der Waals surface area (Å²) in [6, 6.07) is 5.13. The van der Waals surface area contributed by atoms with Crippen molar-refractivity contribution in [2.45, 2.75) is 12.5 Å². The smallest absolute Gasteiger partial charge is 0.335 e. The Bertz CT molecular complexity index is 378. The molecule has 4 nitrogen and oxygen atoms in total. The zero-order chi connectivity index (χ0) is 12.1. The molecule has 1 atom stereocenters. The van der Waals surface area contributed by atoms with Crippen molar-refractivity contribution in [2.24, 2.45) is 0 Å². The second-order valence-corrected chi connectivity index (χ2v) is 3.58. The van der Waals surface area contributed by atoms with Crippen LogP contribution in [0, 0.1) is 0 Å². The summed E-state index contributed by atoms with van der Waals surface area (Å²) in [7, 11) is 2.70. The summed E-state index contributed by atoms with van der Waals surface area (Å²) in [6.07, 6.45) is -1.10. The molecule has 0 fully saturated rings. The van der Waals surface area contributed by atoms with E-state index in [0.717, 1.165) is 0 Å². The Morgan fingerprint density at radius 3 is 2.75 bits per heavy atom. The first-order valence-electron chi connectivity index (χ1n) is 4.67. The van der Waals surface area contributed by atoms with Crippen molar-refractivity contribution in [3.05, 3.63) is 28.8 Å². The number of halogens is 1. The Labute approximate surface area is 98.7 Å². The number of aliphatic hydroxyl groups is 1. The van der Waals surface area contributed by atoms with Crippen LogP contribution in [0.25, 0.3) is 0 Å². The molecule has 0 aliphatic rings. The molecule has 1 N–H and O–H groups in total. The predicted molar refractivity (Wildman–Crippen MR) is 59.7 cm³/mol. The van der Waals surface area contributed by atoms with E-state index in [4.69, 9.17) is 16.3 Å². The van der Waals surface area contributed by atoms with Crippen LogP contribution in [0.1, 0.15) is 5.56 Å². The van der Waals surface area contributed by atoms with E-state index in [-0.39, 0.29) is 6.42 Å². The molecule has 1 unspecified atom stereocenters. The number of ether oxygens (including phenoxy) is 2. The number of carbonyl (C=O) groups is 1. The van der Waals surface area contributed by atoms with Crippen LogP contribution in [-0.2, 0) is 16.0 Å². The lowest BCUT2D eigenvalue weighted by molar-refractivity contribution is -0.150. The van der Waals surface area contributed by atoms with Crippen molar-refractivity contribution in [2.75, 3.05) is 14.2 Å². The van der Waals surface area contributed by atoms with Crippen molar-refractivity contribution in [3.8, 4) is 5.75 Å². The maximum absolute atomic E-state index is 11.1. The molecule has 0 heterocycles. The highest BCUT2D eigenvalue weighted by molar-refractivity contribution is 6.32. The van der Waals surface area contributed by atoms with Gasteiger partial charge in [-0.15, -0.1) is 0 Å². The van der Waals surface area contributed by atoms with Crippen LogP contribution in [0.2, 0.25) is 5.02 Å². The van der Waals surface area contributed by atoms with Gasteiger partial charge in [0.1, 0.15) is 5.75 Å². The molecule has 88 valence electrons. The summed E-state index contributed by atoms with van der Waals surface area (Å²) in [5, 5.41) is 9.95. The van der Waals surface area contributed by atoms with Gasteiger partial charge in [0, 0.05) is 6.42 Å². The van der Waals surface area contributed by atoms with Crippen molar-refractivity contribution in [3.63, 3.8) is 0 Å². The van der Waals surface area contributed by atoms with Crippen LogP contribution in [0.4, 0.5) is 0 Å². The van der Waals surface area contributed by atoms with Crippen molar-refractivity contribution < 1.29 is 19.4 Å². The average Bonchev–Trinajstić information content (AvgIpc) is 2.28. The fraction of sp³-hybridized carbons (Fsp3) is 0.364. The number of esters is 1. The van der Waals surface area contributed by atoms with Gasteiger partial charge in [0.2, 0.25) is 0 Å². The number of benzene rings is 1. The van der Waals surface area contributed by atoms with Gasteiger partial charge >= 0.3 is 5.97 Å². The monoisotopic (exact) mass is 244 g/mol. The van der Waals surface area contributed by atoms with E-state index in [2.05, 4.69) is 4.74 Å². The third-order valence-electron chi connectivity index (χ3n) is 2.14. The van der Waals surface area contributed by atoms with Gasteiger partial charge in [-0.3, -0.25) is 0 Å². The first kappa shape index (κ1) is 12.8. The zero-order valence-corrected chi connectivity index (χ0v) is 9.82. The number of methoxy groups -OCH3 is 2. The van der Waals surface area contributed by atoms with E-state index in [1.54, 1.807) is 18.2 Å². The molecule has 5 heteroatoms. The Morgan fingerprint density at radius 1 is 1.50 bits per heavy atom. The van der Waals surface area contributed by atoms with Crippen LogP contribution < -0.4 is 4.74 Å². The highest BCUT2D eigenvalue weighted by Gasteiger charge is 2.18.